The Morgan fingerprint density at radius 2 is 0.786 bits per heavy atom. The molecule has 103 heavy (non-hydrogen) atoms. The third-order valence-electron chi connectivity index (χ3n) is 20.0. The van der Waals surface area contributed by atoms with E-state index in [1.807, 2.05) is 133 Å². The molecule has 0 unspecified atom stereocenters. The summed E-state index contributed by atoms with van der Waals surface area (Å²) < 4.78 is 27.1. The zero-order valence-electron chi connectivity index (χ0n) is 54.6. The Bertz CT molecular complexity index is 7210. The van der Waals surface area contributed by atoms with E-state index in [-0.39, 0.29) is 5.28 Å². The van der Waals surface area contributed by atoms with Crippen molar-refractivity contribution < 1.29 is 17.7 Å². The normalized spacial score (nSPS) is 11.9. The number of para-hydroxylation sites is 3. The number of hydrogen-bond donors (Lipinski definition) is 0. The van der Waals surface area contributed by atoms with Gasteiger partial charge < -0.3 is 17.7 Å². The number of hydrogen-bond acceptors (Lipinski definition) is 8. The molecule has 1 aliphatic carbocycles. The lowest BCUT2D eigenvalue weighted by Crippen LogP contribution is -2.02. The molecule has 480 valence electrons. The van der Waals surface area contributed by atoms with Gasteiger partial charge in [-0.25, -0.2) is 19.7 Å². The fourth-order valence-corrected chi connectivity index (χ4v) is 15.3. The van der Waals surface area contributed by atoms with Gasteiger partial charge >= 0.3 is 0 Å². The number of nitrogens with zero attached hydrogens (tertiary/aromatic N) is 7. The first kappa shape index (κ1) is 59.1. The Balaban J connectivity index is 0.000000117. The molecular weight excluding hydrogens is 1290 g/mol. The van der Waals surface area contributed by atoms with Crippen LogP contribution in [-0.4, -0.2) is 24.5 Å². The number of fused-ring (bicyclic) bond motifs is 20. The van der Waals surface area contributed by atoms with Gasteiger partial charge in [0.25, 0.3) is 0 Å². The first-order valence-electron chi connectivity index (χ1n) is 33.8. The van der Waals surface area contributed by atoms with Gasteiger partial charge in [-0.3, -0.25) is 4.57 Å². The van der Waals surface area contributed by atoms with E-state index in [2.05, 4.69) is 182 Å². The molecule has 0 amide bonds. The summed E-state index contributed by atoms with van der Waals surface area (Å²) in [5.41, 5.74) is 22.0. The second kappa shape index (κ2) is 23.6. The predicted molar refractivity (Wildman–Crippen MR) is 416 cm³/mol. The van der Waals surface area contributed by atoms with Crippen LogP contribution in [0.3, 0.4) is 0 Å². The van der Waals surface area contributed by atoms with Gasteiger partial charge in [-0.1, -0.05) is 194 Å². The van der Waals surface area contributed by atoms with Crippen LogP contribution in [0.1, 0.15) is 11.1 Å². The molecule has 7 aromatic heterocycles. The molecular formula is C91H50ClN7O4. The quantitative estimate of drug-likeness (QED) is 0.124. The highest BCUT2D eigenvalue weighted by Gasteiger charge is 2.25. The Morgan fingerprint density at radius 3 is 1.39 bits per heavy atom. The van der Waals surface area contributed by atoms with Crippen LogP contribution in [0, 0.1) is 13.1 Å². The maximum absolute atomic E-state index is 7.34. The first-order chi connectivity index (χ1) is 50.8. The van der Waals surface area contributed by atoms with E-state index in [4.69, 9.17) is 52.4 Å². The first-order valence-corrected chi connectivity index (χ1v) is 34.1. The molecule has 0 atom stereocenters. The second-order valence-electron chi connectivity index (χ2n) is 25.9. The molecule has 0 saturated carbocycles. The monoisotopic (exact) mass is 1340 g/mol. The number of benzene rings is 14. The molecule has 0 N–H and O–H groups in total. The summed E-state index contributed by atoms with van der Waals surface area (Å²) >= 11 is 6.32. The zero-order chi connectivity index (χ0) is 68.4. The van der Waals surface area contributed by atoms with Crippen LogP contribution in [0.15, 0.2) is 309 Å². The van der Waals surface area contributed by atoms with Crippen LogP contribution in [0.2, 0.25) is 5.28 Å². The molecule has 0 bridgehead atoms. The number of halogens is 1. The van der Waals surface area contributed by atoms with Crippen molar-refractivity contribution in [2.24, 2.45) is 0 Å². The van der Waals surface area contributed by atoms with Crippen molar-refractivity contribution in [3.8, 4) is 61.8 Å². The van der Waals surface area contributed by atoms with Gasteiger partial charge in [0.05, 0.1) is 46.3 Å². The summed E-state index contributed by atoms with van der Waals surface area (Å²) in [6.45, 7) is 14.5. The summed E-state index contributed by atoms with van der Waals surface area (Å²) in [4.78, 5) is 26.6. The highest BCUT2D eigenvalue weighted by molar-refractivity contribution is 6.29. The van der Waals surface area contributed by atoms with Gasteiger partial charge in [-0.2, -0.15) is 9.97 Å². The van der Waals surface area contributed by atoms with Gasteiger partial charge in [-0.15, -0.1) is 0 Å². The minimum atomic E-state index is 0.124. The molecule has 22 rings (SSSR count). The summed E-state index contributed by atoms with van der Waals surface area (Å²) in [6.07, 6.45) is 1.08. The van der Waals surface area contributed by atoms with Crippen LogP contribution in [0.25, 0.3) is 203 Å². The summed E-state index contributed by atoms with van der Waals surface area (Å²) in [7, 11) is 0. The second-order valence-corrected chi connectivity index (χ2v) is 26.2. The molecule has 0 fully saturated rings. The van der Waals surface area contributed by atoms with Crippen LogP contribution < -0.4 is 0 Å². The Morgan fingerprint density at radius 1 is 0.311 bits per heavy atom. The summed E-state index contributed by atoms with van der Waals surface area (Å²) in [5.74, 6) is 0.533. The van der Waals surface area contributed by atoms with Crippen molar-refractivity contribution in [2.45, 2.75) is 6.42 Å². The van der Waals surface area contributed by atoms with Crippen molar-refractivity contribution in [1.82, 2.24) is 24.5 Å². The molecule has 12 heteroatoms. The van der Waals surface area contributed by atoms with Crippen molar-refractivity contribution in [1.29, 1.82) is 0 Å². The van der Waals surface area contributed by atoms with Gasteiger partial charge in [-0.05, 0) is 181 Å². The SMILES string of the molecule is [C-]#[N+]c1ccc(-c2ccc3c(c2)oc2nc(-n4c5ccccc5c5cc6ccccc6cc54)nc(-c4ccc5oc6ccccc6c5c4)c23)cc1.[C-]#[N+]c1ccc(-c2ccc3c(c2)oc2nc(Cl)nc(-c4ccc5oc6ccccc6c5c4)c23)cc1.c1ccc2c(c1)Cc1cc3ccccc3cc1-2. The summed E-state index contributed by atoms with van der Waals surface area (Å²) in [5, 5.41) is 15.0. The molecule has 0 radical (unpaired) electrons. The van der Waals surface area contributed by atoms with E-state index < -0.39 is 0 Å². The van der Waals surface area contributed by atoms with Crippen molar-refractivity contribution in [3.05, 3.63) is 330 Å². The standard InChI is InChI=1S/C45H24N4O2.C29H14ClN3O2.C17H12/c1-46-31-18-14-26(15-19-31)29-16-20-34-41(25-29)51-44-42(34)43(30-17-21-40-36(23-30)33-11-5-7-13-39(33)50-40)47-45(48-44)49-37-12-6-4-10-32(37)35-22-27-8-2-3-9-28(27)24-38(35)49;1-31-19-10-6-16(7-11-19)17-8-12-21-25(15-17)35-28-26(21)27(32-29(30)33-28)18-9-13-24-22(14-18)20-4-2-3-5-23(20)34-24;1-2-6-13-11-17-15(9-12(13)5-1)10-14-7-3-4-8-16(14)17/h2-25H;2-15H;1-9,11H,10H2. The number of aromatic nitrogens is 5. The van der Waals surface area contributed by atoms with Gasteiger partial charge in [0.2, 0.25) is 22.7 Å². The fraction of sp³-hybridized carbons (Fsp3) is 0.0110. The average Bonchev–Trinajstić information content (AvgIpc) is 1.38. The fourth-order valence-electron chi connectivity index (χ4n) is 15.1. The van der Waals surface area contributed by atoms with E-state index in [1.165, 1.54) is 38.4 Å². The Labute approximate surface area is 591 Å². The van der Waals surface area contributed by atoms with E-state index in [9.17, 15) is 0 Å². The number of rotatable bonds is 5. The average molecular weight is 1340 g/mol. The van der Waals surface area contributed by atoms with Crippen molar-refractivity contribution in [3.63, 3.8) is 0 Å². The van der Waals surface area contributed by atoms with E-state index in [1.54, 1.807) is 0 Å². The maximum Gasteiger partial charge on any atom is 0.238 e. The van der Waals surface area contributed by atoms with E-state index in [0.29, 0.717) is 45.6 Å². The largest absolute Gasteiger partial charge is 0.456 e. The minimum Gasteiger partial charge on any atom is -0.456 e. The topological polar surface area (TPSA) is 118 Å². The molecule has 0 saturated heterocycles. The lowest BCUT2D eigenvalue weighted by atomic mass is 10.0. The highest BCUT2D eigenvalue weighted by atomic mass is 35.5. The van der Waals surface area contributed by atoms with Crippen LogP contribution in [0.4, 0.5) is 11.4 Å². The highest BCUT2D eigenvalue weighted by Crippen LogP contribution is 2.45. The lowest BCUT2D eigenvalue weighted by Gasteiger charge is -2.10. The molecule has 11 nitrogen and oxygen atoms in total. The number of furan rings is 4. The maximum atomic E-state index is 7.34. The van der Waals surface area contributed by atoms with Gasteiger partial charge in [0, 0.05) is 54.2 Å². The predicted octanol–water partition coefficient (Wildman–Crippen LogP) is 25.6. The van der Waals surface area contributed by atoms with Crippen LogP contribution in [-0.2, 0) is 6.42 Å². The minimum absolute atomic E-state index is 0.124. The third kappa shape index (κ3) is 9.94. The van der Waals surface area contributed by atoms with Crippen LogP contribution >= 0.6 is 11.6 Å². The van der Waals surface area contributed by atoms with Crippen molar-refractivity contribution in [2.75, 3.05) is 0 Å². The van der Waals surface area contributed by atoms with Gasteiger partial charge in [0.15, 0.2) is 11.4 Å². The molecule has 7 heterocycles. The molecule has 0 spiro atoms. The van der Waals surface area contributed by atoms with Gasteiger partial charge in [0.1, 0.15) is 33.5 Å². The molecule has 1 aliphatic rings. The van der Waals surface area contributed by atoms with Crippen LogP contribution in [0.5, 0.6) is 0 Å². The molecule has 0 aliphatic heterocycles. The molecule has 14 aromatic carbocycles. The Hall–Kier alpha value is -14.0. The zero-order valence-corrected chi connectivity index (χ0v) is 55.3. The third-order valence-corrected chi connectivity index (χ3v) is 20.2. The van der Waals surface area contributed by atoms with E-state index in [0.717, 1.165) is 138 Å². The Kier molecular flexibility index (Phi) is 13.6. The smallest absolute Gasteiger partial charge is 0.238 e. The lowest BCUT2D eigenvalue weighted by molar-refractivity contribution is 0.651. The summed E-state index contributed by atoms with van der Waals surface area (Å²) in [6, 6.07) is 99.1. The van der Waals surface area contributed by atoms with Crippen molar-refractivity contribution >= 4 is 154 Å². The molecule has 21 aromatic rings. The van der Waals surface area contributed by atoms with E-state index >= 15 is 0 Å².